The van der Waals surface area contributed by atoms with E-state index in [9.17, 15) is 14.4 Å². The van der Waals surface area contributed by atoms with Crippen LogP contribution in [0.15, 0.2) is 0 Å². The summed E-state index contributed by atoms with van der Waals surface area (Å²) in [5.74, 6) is -4.44. The highest BCUT2D eigenvalue weighted by molar-refractivity contribution is 6.30. The molecule has 0 heterocycles. The maximum atomic E-state index is 11.1. The lowest BCUT2D eigenvalue weighted by atomic mass is 10.1. The maximum Gasteiger partial charge on any atom is 0.424 e. The molecule has 0 radical (unpaired) electrons. The molecule has 7 heteroatoms. The molecule has 0 amide bonds. The van der Waals surface area contributed by atoms with Crippen molar-refractivity contribution in [3.63, 3.8) is 0 Å². The van der Waals surface area contributed by atoms with E-state index in [1.807, 2.05) is 0 Å². The van der Waals surface area contributed by atoms with E-state index in [1.54, 1.807) is 0 Å². The van der Waals surface area contributed by atoms with Gasteiger partial charge >= 0.3 is 17.9 Å². The van der Waals surface area contributed by atoms with Gasteiger partial charge in [0.25, 0.3) is 0 Å². The highest BCUT2D eigenvalue weighted by atomic mass is 16.6. The molecule has 5 N–H and O–H groups in total. The van der Waals surface area contributed by atoms with Gasteiger partial charge in [-0.1, -0.05) is 12.8 Å². The quantitative estimate of drug-likeness (QED) is 0.231. The third-order valence-electron chi connectivity index (χ3n) is 1.89. The monoisotopic (exact) mass is 232 g/mol. The molecule has 0 bridgehead atoms. The van der Waals surface area contributed by atoms with Crippen molar-refractivity contribution < 1.29 is 24.2 Å². The van der Waals surface area contributed by atoms with E-state index in [4.69, 9.17) is 16.6 Å². The molecule has 0 aliphatic rings. The van der Waals surface area contributed by atoms with Crippen molar-refractivity contribution in [3.05, 3.63) is 0 Å². The van der Waals surface area contributed by atoms with E-state index in [2.05, 4.69) is 4.74 Å². The van der Waals surface area contributed by atoms with Crippen LogP contribution in [0, 0.1) is 0 Å². The molecular formula is C9H16N2O5. The van der Waals surface area contributed by atoms with Gasteiger partial charge in [-0.2, -0.15) is 0 Å². The minimum Gasteiger partial charge on any atom is -0.473 e. The Kier molecular flexibility index (Phi) is 7.06. The standard InChI is InChI=1S/C9H16N2O5/c10-5-3-1-2-4-6(11)8(14)16-9(15)7(12)13/h6H,1-5,10-11H2,(H,12,13). The highest BCUT2D eigenvalue weighted by Gasteiger charge is 2.22. The molecular weight excluding hydrogens is 216 g/mol. The number of rotatable bonds is 6. The second kappa shape index (κ2) is 7.77. The average molecular weight is 232 g/mol. The van der Waals surface area contributed by atoms with Crippen molar-refractivity contribution in [1.82, 2.24) is 0 Å². The summed E-state index contributed by atoms with van der Waals surface area (Å²) in [6.45, 7) is 0.567. The lowest BCUT2D eigenvalue weighted by Gasteiger charge is -2.08. The number of aliphatic carboxylic acids is 1. The van der Waals surface area contributed by atoms with Gasteiger partial charge in [0.15, 0.2) is 0 Å². The molecule has 0 aromatic heterocycles. The zero-order chi connectivity index (χ0) is 12.6. The Morgan fingerprint density at radius 1 is 1.19 bits per heavy atom. The summed E-state index contributed by atoms with van der Waals surface area (Å²) in [4.78, 5) is 31.7. The lowest BCUT2D eigenvalue weighted by Crippen LogP contribution is -2.35. The van der Waals surface area contributed by atoms with Crippen LogP contribution in [0.3, 0.4) is 0 Å². The number of ether oxygens (including phenoxy) is 1. The van der Waals surface area contributed by atoms with Gasteiger partial charge in [0.05, 0.1) is 0 Å². The molecule has 92 valence electrons. The largest absolute Gasteiger partial charge is 0.473 e. The molecule has 16 heavy (non-hydrogen) atoms. The number of esters is 2. The molecule has 0 aromatic rings. The Hall–Kier alpha value is -1.47. The fraction of sp³-hybridized carbons (Fsp3) is 0.667. The summed E-state index contributed by atoms with van der Waals surface area (Å²) in [6, 6.07) is -0.971. The summed E-state index contributed by atoms with van der Waals surface area (Å²) in [5, 5.41) is 8.18. The zero-order valence-corrected chi connectivity index (χ0v) is 8.85. The van der Waals surface area contributed by atoms with Gasteiger partial charge in [-0.05, 0) is 19.4 Å². The number of carboxylic acid groups (broad SMARTS) is 1. The lowest BCUT2D eigenvalue weighted by molar-refractivity contribution is -0.171. The first-order chi connectivity index (χ1) is 7.49. The Bertz CT molecular complexity index is 267. The summed E-state index contributed by atoms with van der Waals surface area (Å²) in [6.07, 6.45) is 2.67. The number of carbonyl (C=O) groups excluding carboxylic acids is 2. The number of carboxylic acids is 1. The minimum absolute atomic E-state index is 0.339. The topological polar surface area (TPSA) is 133 Å². The molecule has 7 nitrogen and oxygen atoms in total. The highest BCUT2D eigenvalue weighted by Crippen LogP contribution is 2.03. The summed E-state index contributed by atoms with van der Waals surface area (Å²) < 4.78 is 4.00. The molecule has 1 unspecified atom stereocenters. The molecule has 0 aromatic carbocycles. The van der Waals surface area contributed by atoms with E-state index in [0.29, 0.717) is 19.4 Å². The third kappa shape index (κ3) is 6.10. The number of carbonyl (C=O) groups is 3. The predicted octanol–water partition coefficient (Wildman–Crippen LogP) is -1.01. The summed E-state index contributed by atoms with van der Waals surface area (Å²) in [7, 11) is 0. The average Bonchev–Trinajstić information content (AvgIpc) is 2.23. The summed E-state index contributed by atoms with van der Waals surface area (Å²) in [5.41, 5.74) is 10.7. The van der Waals surface area contributed by atoms with Crippen molar-refractivity contribution in [2.24, 2.45) is 11.5 Å². The van der Waals surface area contributed by atoms with Crippen LogP contribution in [-0.4, -0.2) is 35.6 Å². The number of hydrogen-bond donors (Lipinski definition) is 3. The van der Waals surface area contributed by atoms with Gasteiger partial charge in [-0.3, -0.25) is 0 Å². The number of hydrogen-bond acceptors (Lipinski definition) is 6. The van der Waals surface area contributed by atoms with Crippen LogP contribution < -0.4 is 11.5 Å². The molecule has 0 aliphatic heterocycles. The zero-order valence-electron chi connectivity index (χ0n) is 8.85. The van der Waals surface area contributed by atoms with Crippen LogP contribution in [0.25, 0.3) is 0 Å². The van der Waals surface area contributed by atoms with E-state index in [1.165, 1.54) is 0 Å². The fourth-order valence-corrected chi connectivity index (χ4v) is 1.01. The fourth-order valence-electron chi connectivity index (χ4n) is 1.01. The van der Waals surface area contributed by atoms with Crippen molar-refractivity contribution in [1.29, 1.82) is 0 Å². The Morgan fingerprint density at radius 2 is 1.81 bits per heavy atom. The molecule has 0 saturated heterocycles. The minimum atomic E-state index is -1.82. The van der Waals surface area contributed by atoms with Crippen LogP contribution in [0.5, 0.6) is 0 Å². The van der Waals surface area contributed by atoms with Crippen LogP contribution in [0.2, 0.25) is 0 Å². The van der Waals surface area contributed by atoms with E-state index in [0.717, 1.165) is 12.8 Å². The maximum absolute atomic E-state index is 11.1. The number of nitrogens with two attached hydrogens (primary N) is 2. The molecule has 0 fully saturated rings. The second-order valence-electron chi connectivity index (χ2n) is 3.26. The first kappa shape index (κ1) is 14.5. The SMILES string of the molecule is NCCCCCC(N)C(=O)OC(=O)C(=O)O. The first-order valence-corrected chi connectivity index (χ1v) is 4.93. The van der Waals surface area contributed by atoms with Crippen LogP contribution in [0.4, 0.5) is 0 Å². The predicted molar refractivity (Wildman–Crippen MR) is 54.2 cm³/mol. The van der Waals surface area contributed by atoms with Gasteiger partial charge in [0.1, 0.15) is 6.04 Å². The van der Waals surface area contributed by atoms with Gasteiger partial charge in [0.2, 0.25) is 0 Å². The van der Waals surface area contributed by atoms with Crippen LogP contribution in [0.1, 0.15) is 25.7 Å². The van der Waals surface area contributed by atoms with Crippen molar-refractivity contribution in [2.75, 3.05) is 6.54 Å². The van der Waals surface area contributed by atoms with Gasteiger partial charge in [0, 0.05) is 0 Å². The smallest absolute Gasteiger partial charge is 0.424 e. The van der Waals surface area contributed by atoms with Crippen molar-refractivity contribution in [3.8, 4) is 0 Å². The van der Waals surface area contributed by atoms with E-state index >= 15 is 0 Å². The normalized spacial score (nSPS) is 11.9. The molecule has 1 atom stereocenters. The Labute approximate surface area is 92.7 Å². The van der Waals surface area contributed by atoms with E-state index < -0.39 is 23.9 Å². The Morgan fingerprint density at radius 3 is 2.31 bits per heavy atom. The van der Waals surface area contributed by atoms with Gasteiger partial charge in [-0.25, -0.2) is 14.4 Å². The second-order valence-corrected chi connectivity index (χ2v) is 3.26. The van der Waals surface area contributed by atoms with Gasteiger partial charge < -0.3 is 21.3 Å². The first-order valence-electron chi connectivity index (χ1n) is 4.93. The van der Waals surface area contributed by atoms with Crippen LogP contribution >= 0.6 is 0 Å². The summed E-state index contributed by atoms with van der Waals surface area (Å²) >= 11 is 0. The number of unbranched alkanes of at least 4 members (excludes halogenated alkanes) is 2. The van der Waals surface area contributed by atoms with Crippen LogP contribution in [-0.2, 0) is 19.1 Å². The molecule has 0 rings (SSSR count). The Balaban J connectivity index is 3.81. The third-order valence-corrected chi connectivity index (χ3v) is 1.89. The van der Waals surface area contributed by atoms with E-state index in [-0.39, 0.29) is 0 Å². The molecule has 0 saturated carbocycles. The molecule has 0 spiro atoms. The van der Waals surface area contributed by atoms with Gasteiger partial charge in [-0.15, -0.1) is 0 Å². The van der Waals surface area contributed by atoms with Crippen molar-refractivity contribution >= 4 is 17.9 Å². The molecule has 0 aliphatic carbocycles. The van der Waals surface area contributed by atoms with Crippen molar-refractivity contribution in [2.45, 2.75) is 31.7 Å².